The average molecular weight is 461 g/mol. The third kappa shape index (κ3) is 4.79. The van der Waals surface area contributed by atoms with Gasteiger partial charge in [-0.1, -0.05) is 17.7 Å². The summed E-state index contributed by atoms with van der Waals surface area (Å²) in [7, 11) is 1.38. The lowest BCUT2D eigenvalue weighted by Gasteiger charge is -2.12. The standard InChI is InChI=1S/C18H13ClF4N4O2S/c1-28-15-7-10(8-24-27-16(18(21,22)23)25-26-17(27)30)5-6-14(15)29-9-11-12(19)3-2-4-13(11)20/h2-8H,9H2,1H3,(H,26,30)/b24-8-. The second-order valence-electron chi connectivity index (χ2n) is 5.81. The topological polar surface area (TPSA) is 64.4 Å². The fourth-order valence-corrected chi connectivity index (χ4v) is 2.81. The number of aromatic nitrogens is 3. The first-order valence-corrected chi connectivity index (χ1v) is 9.02. The SMILES string of the molecule is COc1cc(/C=N\n2c(C(F)(F)F)n[nH]c2=S)ccc1OCc1c(F)cccc1Cl. The molecular weight excluding hydrogens is 448 g/mol. The van der Waals surface area contributed by atoms with Crippen LogP contribution in [0.25, 0.3) is 0 Å². The van der Waals surface area contributed by atoms with Crippen molar-refractivity contribution in [2.24, 2.45) is 5.10 Å². The predicted octanol–water partition coefficient (Wildman–Crippen LogP) is 5.22. The van der Waals surface area contributed by atoms with Gasteiger partial charge in [0, 0.05) is 5.56 Å². The largest absolute Gasteiger partial charge is 0.493 e. The van der Waals surface area contributed by atoms with Gasteiger partial charge in [-0.05, 0) is 48.1 Å². The molecule has 1 N–H and O–H groups in total. The van der Waals surface area contributed by atoms with E-state index in [-0.39, 0.29) is 33.5 Å². The maximum Gasteiger partial charge on any atom is 0.453 e. The summed E-state index contributed by atoms with van der Waals surface area (Å²) in [6.45, 7) is -0.144. The van der Waals surface area contributed by atoms with Crippen LogP contribution < -0.4 is 9.47 Å². The summed E-state index contributed by atoms with van der Waals surface area (Å²) in [5.74, 6) is -1.25. The van der Waals surface area contributed by atoms with Crippen LogP contribution in [0.4, 0.5) is 17.6 Å². The Kier molecular flexibility index (Phi) is 6.42. The van der Waals surface area contributed by atoms with Crippen LogP contribution in [-0.2, 0) is 12.8 Å². The third-order valence-corrected chi connectivity index (χ3v) is 4.47. The van der Waals surface area contributed by atoms with E-state index in [0.717, 1.165) is 6.21 Å². The van der Waals surface area contributed by atoms with Gasteiger partial charge in [-0.15, -0.1) is 5.10 Å². The molecular formula is C18H13ClF4N4O2S. The van der Waals surface area contributed by atoms with E-state index in [9.17, 15) is 17.6 Å². The zero-order valence-corrected chi connectivity index (χ0v) is 16.8. The highest BCUT2D eigenvalue weighted by atomic mass is 35.5. The molecule has 12 heteroatoms. The van der Waals surface area contributed by atoms with E-state index in [1.54, 1.807) is 0 Å². The molecule has 1 aromatic heterocycles. The fourth-order valence-electron chi connectivity index (χ4n) is 2.41. The maximum absolute atomic E-state index is 13.9. The fraction of sp³-hybridized carbons (Fsp3) is 0.167. The van der Waals surface area contributed by atoms with Crippen molar-refractivity contribution in [2.75, 3.05) is 7.11 Å². The second-order valence-corrected chi connectivity index (χ2v) is 6.60. The molecule has 0 saturated carbocycles. The predicted molar refractivity (Wildman–Crippen MR) is 104 cm³/mol. The van der Waals surface area contributed by atoms with Crippen LogP contribution >= 0.6 is 23.8 Å². The van der Waals surface area contributed by atoms with Gasteiger partial charge in [0.2, 0.25) is 4.77 Å². The molecule has 0 atom stereocenters. The molecule has 0 amide bonds. The summed E-state index contributed by atoms with van der Waals surface area (Å²) in [5.41, 5.74) is 0.584. The molecule has 1 heterocycles. The van der Waals surface area contributed by atoms with Gasteiger partial charge in [0.05, 0.1) is 18.3 Å². The molecule has 0 aliphatic carbocycles. The van der Waals surface area contributed by atoms with Crippen molar-refractivity contribution < 1.29 is 27.0 Å². The first kappa shape index (κ1) is 21.8. The first-order valence-electron chi connectivity index (χ1n) is 8.23. The summed E-state index contributed by atoms with van der Waals surface area (Å²) in [5, 5.41) is 9.14. The monoisotopic (exact) mass is 460 g/mol. The van der Waals surface area contributed by atoms with Crippen molar-refractivity contribution in [3.63, 3.8) is 0 Å². The number of nitrogens with one attached hydrogen (secondary N) is 1. The van der Waals surface area contributed by atoms with Crippen LogP contribution in [0.5, 0.6) is 11.5 Å². The molecule has 0 unspecified atom stereocenters. The first-order chi connectivity index (χ1) is 14.2. The average Bonchev–Trinajstić information content (AvgIpc) is 3.07. The van der Waals surface area contributed by atoms with E-state index >= 15 is 0 Å². The molecule has 0 spiro atoms. The molecule has 0 fully saturated rings. The van der Waals surface area contributed by atoms with Gasteiger partial charge in [-0.3, -0.25) is 0 Å². The molecule has 158 valence electrons. The zero-order valence-electron chi connectivity index (χ0n) is 15.2. The number of rotatable bonds is 6. The number of hydrogen-bond acceptors (Lipinski definition) is 5. The van der Waals surface area contributed by atoms with Gasteiger partial charge in [-0.2, -0.15) is 22.9 Å². The highest BCUT2D eigenvalue weighted by Gasteiger charge is 2.37. The van der Waals surface area contributed by atoms with E-state index in [0.29, 0.717) is 10.2 Å². The highest BCUT2D eigenvalue weighted by Crippen LogP contribution is 2.30. The van der Waals surface area contributed by atoms with Gasteiger partial charge in [0.1, 0.15) is 12.4 Å². The smallest absolute Gasteiger partial charge is 0.453 e. The molecule has 0 radical (unpaired) electrons. The summed E-state index contributed by atoms with van der Waals surface area (Å²) < 4.78 is 63.7. The van der Waals surface area contributed by atoms with Crippen molar-refractivity contribution in [2.45, 2.75) is 12.8 Å². The van der Waals surface area contributed by atoms with Crippen molar-refractivity contribution >= 4 is 30.0 Å². The summed E-state index contributed by atoms with van der Waals surface area (Å²) in [4.78, 5) is 0. The van der Waals surface area contributed by atoms with Crippen molar-refractivity contribution in [3.8, 4) is 11.5 Å². The lowest BCUT2D eigenvalue weighted by atomic mass is 10.2. The van der Waals surface area contributed by atoms with E-state index in [4.69, 9.17) is 33.3 Å². The summed E-state index contributed by atoms with van der Waals surface area (Å²) in [6, 6.07) is 8.80. The Labute approximate surface area is 177 Å². The van der Waals surface area contributed by atoms with E-state index in [1.807, 2.05) is 0 Å². The zero-order chi connectivity index (χ0) is 21.9. The van der Waals surface area contributed by atoms with Crippen LogP contribution in [0.15, 0.2) is 41.5 Å². The van der Waals surface area contributed by atoms with Gasteiger partial charge in [-0.25, -0.2) is 9.49 Å². The van der Waals surface area contributed by atoms with E-state index in [2.05, 4.69) is 15.3 Å². The van der Waals surface area contributed by atoms with Crippen molar-refractivity contribution in [1.29, 1.82) is 0 Å². The normalized spacial score (nSPS) is 11.8. The molecule has 0 bridgehead atoms. The Balaban J connectivity index is 1.82. The number of benzene rings is 2. The van der Waals surface area contributed by atoms with E-state index < -0.39 is 17.8 Å². The van der Waals surface area contributed by atoms with Crippen molar-refractivity contribution in [3.05, 3.63) is 69.0 Å². The maximum atomic E-state index is 13.9. The molecule has 30 heavy (non-hydrogen) atoms. The number of alkyl halides is 3. The molecule has 0 aliphatic rings. The molecule has 0 aliphatic heterocycles. The Bertz CT molecular complexity index is 1120. The molecule has 0 saturated heterocycles. The highest BCUT2D eigenvalue weighted by molar-refractivity contribution is 7.71. The number of methoxy groups -OCH3 is 1. The van der Waals surface area contributed by atoms with Crippen LogP contribution in [0, 0.1) is 10.6 Å². The number of ether oxygens (including phenoxy) is 2. The second kappa shape index (κ2) is 8.84. The minimum Gasteiger partial charge on any atom is -0.493 e. The Morgan fingerprint density at radius 3 is 2.70 bits per heavy atom. The molecule has 6 nitrogen and oxygen atoms in total. The van der Waals surface area contributed by atoms with Gasteiger partial charge in [0.25, 0.3) is 5.82 Å². The van der Waals surface area contributed by atoms with E-state index in [1.165, 1.54) is 43.5 Å². The number of hydrogen-bond donors (Lipinski definition) is 1. The van der Waals surface area contributed by atoms with Gasteiger partial charge >= 0.3 is 6.18 Å². The van der Waals surface area contributed by atoms with Crippen LogP contribution in [-0.4, -0.2) is 28.2 Å². The molecule has 2 aromatic carbocycles. The van der Waals surface area contributed by atoms with Gasteiger partial charge < -0.3 is 9.47 Å². The summed E-state index contributed by atoms with van der Waals surface area (Å²) >= 11 is 10.7. The van der Waals surface area contributed by atoms with Crippen LogP contribution in [0.3, 0.4) is 0 Å². The Morgan fingerprint density at radius 1 is 1.27 bits per heavy atom. The number of nitrogens with zero attached hydrogens (tertiary/aromatic N) is 3. The lowest BCUT2D eigenvalue weighted by Crippen LogP contribution is -2.12. The van der Waals surface area contributed by atoms with Gasteiger partial charge in [0.15, 0.2) is 11.5 Å². The summed E-state index contributed by atoms with van der Waals surface area (Å²) in [6.07, 6.45) is -3.57. The van der Waals surface area contributed by atoms with Crippen LogP contribution in [0.2, 0.25) is 5.02 Å². The third-order valence-electron chi connectivity index (χ3n) is 3.85. The lowest BCUT2D eigenvalue weighted by molar-refractivity contribution is -0.147. The minimum absolute atomic E-state index is 0.144. The molecule has 3 aromatic rings. The molecule has 3 rings (SSSR count). The number of H-pyrrole nitrogens is 1. The van der Waals surface area contributed by atoms with Crippen molar-refractivity contribution in [1.82, 2.24) is 14.9 Å². The minimum atomic E-state index is -4.73. The Morgan fingerprint density at radius 2 is 2.03 bits per heavy atom. The number of aromatic amines is 1. The quantitative estimate of drug-likeness (QED) is 0.311. The van der Waals surface area contributed by atoms with Crippen LogP contribution in [0.1, 0.15) is 17.0 Å². The Hall–Kier alpha value is -2.92. The number of halogens is 5.